The third-order valence-corrected chi connectivity index (χ3v) is 5.29. The second-order valence-electron chi connectivity index (χ2n) is 6.08. The van der Waals surface area contributed by atoms with E-state index in [4.69, 9.17) is 0 Å². The Labute approximate surface area is 159 Å². The van der Waals surface area contributed by atoms with Gasteiger partial charge in [-0.2, -0.15) is 0 Å². The molecule has 2 aromatic carbocycles. The van der Waals surface area contributed by atoms with E-state index in [0.717, 1.165) is 16.6 Å². The Hall–Kier alpha value is -3.06. The van der Waals surface area contributed by atoms with Crippen molar-refractivity contribution >= 4 is 45.2 Å². The predicted octanol–water partition coefficient (Wildman–Crippen LogP) is 3.63. The van der Waals surface area contributed by atoms with Crippen LogP contribution in [0.1, 0.15) is 6.92 Å². The molecule has 27 heavy (non-hydrogen) atoms. The van der Waals surface area contributed by atoms with Crippen molar-refractivity contribution < 1.29 is 4.79 Å². The molecule has 0 saturated heterocycles. The van der Waals surface area contributed by atoms with Crippen molar-refractivity contribution in [1.82, 2.24) is 14.5 Å². The maximum atomic E-state index is 12.6. The van der Waals surface area contributed by atoms with Crippen LogP contribution in [-0.2, 0) is 11.3 Å². The maximum absolute atomic E-state index is 12.6. The summed E-state index contributed by atoms with van der Waals surface area (Å²) in [6.45, 7) is 2.40. The molecule has 2 heterocycles. The highest BCUT2D eigenvalue weighted by molar-refractivity contribution is 7.99. The Balaban J connectivity index is 1.52. The summed E-state index contributed by atoms with van der Waals surface area (Å²) in [5.74, 6) is 0.0315. The summed E-state index contributed by atoms with van der Waals surface area (Å²) in [6.07, 6.45) is 1.86. The lowest BCUT2D eigenvalue weighted by atomic mass is 10.2. The number of nitrogens with one attached hydrogen (secondary N) is 2. The molecule has 0 spiro atoms. The van der Waals surface area contributed by atoms with E-state index in [1.807, 2.05) is 55.6 Å². The Morgan fingerprint density at radius 2 is 2.07 bits per heavy atom. The van der Waals surface area contributed by atoms with Crippen LogP contribution < -0.4 is 10.9 Å². The number of aromatic amines is 1. The van der Waals surface area contributed by atoms with Crippen LogP contribution in [0.25, 0.3) is 21.8 Å². The van der Waals surface area contributed by atoms with Crippen molar-refractivity contribution in [2.24, 2.45) is 0 Å². The molecule has 0 aliphatic heterocycles. The molecule has 0 bridgehead atoms. The fourth-order valence-corrected chi connectivity index (χ4v) is 3.85. The number of carbonyl (C=O) groups is 1. The Kier molecular flexibility index (Phi) is 4.68. The number of carbonyl (C=O) groups excluding carboxylic acids is 1. The minimum absolute atomic E-state index is 0.0804. The second-order valence-corrected chi connectivity index (χ2v) is 7.02. The van der Waals surface area contributed by atoms with E-state index in [1.54, 1.807) is 10.6 Å². The van der Waals surface area contributed by atoms with Gasteiger partial charge in [-0.15, -0.1) is 0 Å². The number of para-hydroxylation sites is 1. The number of fused-ring (bicyclic) bond motifs is 2. The Bertz CT molecular complexity index is 1200. The number of aromatic nitrogens is 3. The molecule has 4 aromatic rings. The van der Waals surface area contributed by atoms with Crippen LogP contribution in [0.5, 0.6) is 0 Å². The molecule has 0 saturated carbocycles. The van der Waals surface area contributed by atoms with Gasteiger partial charge in [0.2, 0.25) is 5.91 Å². The molecule has 0 fully saturated rings. The van der Waals surface area contributed by atoms with E-state index in [9.17, 15) is 9.59 Å². The van der Waals surface area contributed by atoms with Gasteiger partial charge in [0.25, 0.3) is 5.56 Å². The van der Waals surface area contributed by atoms with Gasteiger partial charge in [-0.1, -0.05) is 30.0 Å². The lowest BCUT2D eigenvalue weighted by molar-refractivity contribution is -0.113. The largest absolute Gasteiger partial charge is 0.361 e. The van der Waals surface area contributed by atoms with E-state index in [0.29, 0.717) is 22.6 Å². The molecule has 4 rings (SSSR count). The molecule has 0 aliphatic rings. The number of nitrogens with zero attached hydrogens (tertiary/aromatic N) is 2. The minimum Gasteiger partial charge on any atom is -0.361 e. The quantitative estimate of drug-likeness (QED) is 0.411. The van der Waals surface area contributed by atoms with Gasteiger partial charge in [0.15, 0.2) is 5.16 Å². The molecule has 7 heteroatoms. The summed E-state index contributed by atoms with van der Waals surface area (Å²) in [7, 11) is 0. The number of amides is 1. The second kappa shape index (κ2) is 7.28. The van der Waals surface area contributed by atoms with Gasteiger partial charge in [0, 0.05) is 23.9 Å². The molecular formula is C20H18N4O2S. The highest BCUT2D eigenvalue weighted by Gasteiger charge is 2.12. The van der Waals surface area contributed by atoms with Gasteiger partial charge in [0.05, 0.1) is 16.7 Å². The highest BCUT2D eigenvalue weighted by Crippen LogP contribution is 2.20. The molecule has 0 aliphatic carbocycles. The van der Waals surface area contributed by atoms with Gasteiger partial charge in [-0.25, -0.2) is 4.98 Å². The molecule has 0 atom stereocenters. The Morgan fingerprint density at radius 3 is 2.93 bits per heavy atom. The molecule has 136 valence electrons. The van der Waals surface area contributed by atoms with Crippen LogP contribution in [0.2, 0.25) is 0 Å². The Morgan fingerprint density at radius 1 is 1.22 bits per heavy atom. The van der Waals surface area contributed by atoms with Gasteiger partial charge < -0.3 is 10.3 Å². The van der Waals surface area contributed by atoms with Gasteiger partial charge in [0.1, 0.15) is 0 Å². The average molecular weight is 378 g/mol. The van der Waals surface area contributed by atoms with Gasteiger partial charge in [-0.3, -0.25) is 14.2 Å². The summed E-state index contributed by atoms with van der Waals surface area (Å²) in [5.41, 5.74) is 2.27. The van der Waals surface area contributed by atoms with Crippen LogP contribution in [0.4, 0.5) is 5.69 Å². The summed E-state index contributed by atoms with van der Waals surface area (Å²) in [4.78, 5) is 32.7. The van der Waals surface area contributed by atoms with Crippen LogP contribution >= 0.6 is 11.8 Å². The normalized spacial score (nSPS) is 11.1. The number of anilines is 1. The lowest BCUT2D eigenvalue weighted by Gasteiger charge is -2.11. The number of rotatable bonds is 5. The van der Waals surface area contributed by atoms with Crippen molar-refractivity contribution in [2.75, 3.05) is 11.1 Å². The first kappa shape index (κ1) is 17.4. The van der Waals surface area contributed by atoms with Gasteiger partial charge >= 0.3 is 0 Å². The SMILES string of the molecule is CCn1c(SCC(=O)Nc2ccc3cc[nH]c3c2)nc2ccccc2c1=O. The summed E-state index contributed by atoms with van der Waals surface area (Å²) in [5, 5.41) is 5.12. The lowest BCUT2D eigenvalue weighted by Crippen LogP contribution is -2.23. The first-order valence-electron chi connectivity index (χ1n) is 8.65. The fourth-order valence-electron chi connectivity index (χ4n) is 2.99. The molecule has 0 unspecified atom stereocenters. The first-order chi connectivity index (χ1) is 13.2. The molecule has 2 aromatic heterocycles. The van der Waals surface area contributed by atoms with Crippen LogP contribution in [0.3, 0.4) is 0 Å². The highest BCUT2D eigenvalue weighted by atomic mass is 32.2. The predicted molar refractivity (Wildman–Crippen MR) is 109 cm³/mol. The monoisotopic (exact) mass is 378 g/mol. The first-order valence-corrected chi connectivity index (χ1v) is 9.63. The maximum Gasteiger partial charge on any atom is 0.262 e. The van der Waals surface area contributed by atoms with Crippen molar-refractivity contribution in [3.8, 4) is 0 Å². The number of benzene rings is 2. The van der Waals surface area contributed by atoms with Crippen LogP contribution in [0.15, 0.2) is 64.7 Å². The number of thioether (sulfide) groups is 1. The number of H-pyrrole nitrogens is 1. The number of hydrogen-bond donors (Lipinski definition) is 2. The van der Waals surface area contributed by atoms with E-state index < -0.39 is 0 Å². The number of hydrogen-bond acceptors (Lipinski definition) is 4. The van der Waals surface area contributed by atoms with Crippen molar-refractivity contribution in [3.05, 3.63) is 65.1 Å². The zero-order chi connectivity index (χ0) is 18.8. The zero-order valence-electron chi connectivity index (χ0n) is 14.7. The third-order valence-electron chi connectivity index (χ3n) is 4.31. The topological polar surface area (TPSA) is 79.8 Å². The van der Waals surface area contributed by atoms with Crippen LogP contribution in [0, 0.1) is 0 Å². The van der Waals surface area contributed by atoms with Crippen molar-refractivity contribution in [3.63, 3.8) is 0 Å². The van der Waals surface area contributed by atoms with E-state index in [2.05, 4.69) is 15.3 Å². The van der Waals surface area contributed by atoms with Crippen molar-refractivity contribution in [1.29, 1.82) is 0 Å². The average Bonchev–Trinajstić information content (AvgIpc) is 3.14. The summed E-state index contributed by atoms with van der Waals surface area (Å²) in [6, 6.07) is 15.0. The van der Waals surface area contributed by atoms with Gasteiger partial charge in [-0.05, 0) is 42.6 Å². The molecule has 1 amide bonds. The molecular weight excluding hydrogens is 360 g/mol. The fraction of sp³-hybridized carbons (Fsp3) is 0.150. The standard InChI is InChI=1S/C20H18N4O2S/c1-2-24-19(26)15-5-3-4-6-16(15)23-20(24)27-12-18(25)22-14-8-7-13-9-10-21-17(13)11-14/h3-11,21H,2,12H2,1H3,(H,22,25). The summed E-state index contributed by atoms with van der Waals surface area (Å²) < 4.78 is 1.60. The molecule has 0 radical (unpaired) electrons. The third kappa shape index (κ3) is 3.46. The summed E-state index contributed by atoms with van der Waals surface area (Å²) >= 11 is 1.27. The van der Waals surface area contributed by atoms with E-state index in [-0.39, 0.29) is 17.2 Å². The smallest absolute Gasteiger partial charge is 0.262 e. The van der Waals surface area contributed by atoms with Crippen molar-refractivity contribution in [2.45, 2.75) is 18.6 Å². The van der Waals surface area contributed by atoms with E-state index >= 15 is 0 Å². The van der Waals surface area contributed by atoms with Crippen LogP contribution in [-0.4, -0.2) is 26.2 Å². The minimum atomic E-state index is -0.143. The molecule has 6 nitrogen and oxygen atoms in total. The zero-order valence-corrected chi connectivity index (χ0v) is 15.5. The molecule has 2 N–H and O–H groups in total. The van der Waals surface area contributed by atoms with E-state index in [1.165, 1.54) is 11.8 Å².